The molecule has 4 aromatic rings. The second-order valence-corrected chi connectivity index (χ2v) is 8.06. The third-order valence-electron chi connectivity index (χ3n) is 4.19. The van der Waals surface area contributed by atoms with E-state index in [2.05, 4.69) is 9.97 Å². The van der Waals surface area contributed by atoms with Gasteiger partial charge < -0.3 is 14.5 Å². The van der Waals surface area contributed by atoms with Crippen molar-refractivity contribution in [3.05, 3.63) is 76.4 Å². The van der Waals surface area contributed by atoms with E-state index in [1.807, 2.05) is 66.0 Å². The Hall–Kier alpha value is -3.10. The van der Waals surface area contributed by atoms with E-state index in [9.17, 15) is 9.59 Å². The van der Waals surface area contributed by atoms with Crippen molar-refractivity contribution < 1.29 is 14.3 Å². The Morgan fingerprint density at radius 1 is 1.03 bits per heavy atom. The van der Waals surface area contributed by atoms with Gasteiger partial charge in [-0.1, -0.05) is 60.3 Å². The largest absolute Gasteiger partial charge is 0.490 e. The standard InChI is InChI=1S/C22H18N2O4S2/c25-18(28-12-11-27-16-9-5-2-6-10-16)14-30-22-23-20(26)19-17(13-29-21(19)24-22)15-7-3-1-4-8-15/h1-10,13H,11-12,14H2,(H,23,24,26). The van der Waals surface area contributed by atoms with Crippen LogP contribution >= 0.6 is 23.1 Å². The van der Waals surface area contributed by atoms with Crippen LogP contribution in [0.2, 0.25) is 0 Å². The van der Waals surface area contributed by atoms with Gasteiger partial charge in [0.15, 0.2) is 5.16 Å². The Morgan fingerprint density at radius 2 is 1.77 bits per heavy atom. The zero-order chi connectivity index (χ0) is 20.8. The van der Waals surface area contributed by atoms with Gasteiger partial charge in [0.05, 0.1) is 11.1 Å². The summed E-state index contributed by atoms with van der Waals surface area (Å²) >= 11 is 2.55. The quantitative estimate of drug-likeness (QED) is 0.190. The van der Waals surface area contributed by atoms with Gasteiger partial charge in [0.1, 0.15) is 23.8 Å². The number of aromatic nitrogens is 2. The molecule has 6 nitrogen and oxygen atoms in total. The van der Waals surface area contributed by atoms with Crippen LogP contribution in [-0.4, -0.2) is 34.9 Å². The van der Waals surface area contributed by atoms with E-state index in [1.54, 1.807) is 0 Å². The smallest absolute Gasteiger partial charge is 0.316 e. The second-order valence-electron chi connectivity index (χ2n) is 6.24. The fourth-order valence-corrected chi connectivity index (χ4v) is 4.49. The molecule has 0 amide bonds. The van der Waals surface area contributed by atoms with Gasteiger partial charge in [-0.05, 0) is 17.7 Å². The molecule has 152 valence electrons. The first-order valence-electron chi connectivity index (χ1n) is 9.24. The maximum atomic E-state index is 12.6. The first-order chi connectivity index (χ1) is 14.7. The number of thiophene rings is 1. The fourth-order valence-electron chi connectivity index (χ4n) is 2.83. The highest BCUT2D eigenvalue weighted by atomic mass is 32.2. The van der Waals surface area contributed by atoms with Gasteiger partial charge in [-0.15, -0.1) is 11.3 Å². The van der Waals surface area contributed by atoms with E-state index in [0.717, 1.165) is 28.6 Å². The molecule has 2 aromatic heterocycles. The van der Waals surface area contributed by atoms with E-state index in [4.69, 9.17) is 9.47 Å². The van der Waals surface area contributed by atoms with Gasteiger partial charge in [0, 0.05) is 10.9 Å². The molecule has 0 spiro atoms. The lowest BCUT2D eigenvalue weighted by Crippen LogP contribution is -2.14. The van der Waals surface area contributed by atoms with Gasteiger partial charge in [0.2, 0.25) is 0 Å². The molecule has 2 heterocycles. The number of hydrogen-bond donors (Lipinski definition) is 1. The van der Waals surface area contributed by atoms with Gasteiger partial charge in [0.25, 0.3) is 5.56 Å². The summed E-state index contributed by atoms with van der Waals surface area (Å²) in [5.41, 5.74) is 1.61. The molecule has 8 heteroatoms. The molecule has 0 saturated carbocycles. The van der Waals surface area contributed by atoms with Crippen LogP contribution in [0, 0.1) is 0 Å². The number of esters is 1. The summed E-state index contributed by atoms with van der Waals surface area (Å²) in [6.45, 7) is 0.432. The summed E-state index contributed by atoms with van der Waals surface area (Å²) in [7, 11) is 0. The number of hydrogen-bond acceptors (Lipinski definition) is 7. The van der Waals surface area contributed by atoms with Crippen LogP contribution in [0.25, 0.3) is 21.3 Å². The van der Waals surface area contributed by atoms with E-state index in [-0.39, 0.29) is 24.5 Å². The van der Waals surface area contributed by atoms with Crippen LogP contribution in [0.1, 0.15) is 0 Å². The molecule has 4 rings (SSSR count). The molecule has 0 saturated heterocycles. The Kier molecular flexibility index (Phi) is 6.46. The van der Waals surface area contributed by atoms with Crippen molar-refractivity contribution in [2.45, 2.75) is 5.16 Å². The molecule has 2 aromatic carbocycles. The zero-order valence-corrected chi connectivity index (χ0v) is 17.5. The summed E-state index contributed by atoms with van der Waals surface area (Å²) in [5.74, 6) is 0.385. The molecule has 1 N–H and O–H groups in total. The molecular weight excluding hydrogens is 420 g/mol. The minimum atomic E-state index is -0.393. The Bertz CT molecular complexity index is 1190. The highest BCUT2D eigenvalue weighted by Gasteiger charge is 2.14. The van der Waals surface area contributed by atoms with Gasteiger partial charge in [-0.25, -0.2) is 4.98 Å². The van der Waals surface area contributed by atoms with Crippen molar-refractivity contribution in [3.8, 4) is 16.9 Å². The Labute approximate surface area is 180 Å². The number of fused-ring (bicyclic) bond motifs is 1. The number of thioether (sulfide) groups is 1. The Morgan fingerprint density at radius 3 is 2.53 bits per heavy atom. The lowest BCUT2D eigenvalue weighted by molar-refractivity contribution is -0.141. The fraction of sp³-hybridized carbons (Fsp3) is 0.136. The van der Waals surface area contributed by atoms with Crippen LogP contribution in [0.5, 0.6) is 5.75 Å². The maximum absolute atomic E-state index is 12.6. The van der Waals surface area contributed by atoms with E-state index >= 15 is 0 Å². The van der Waals surface area contributed by atoms with Crippen LogP contribution in [0.15, 0.2) is 76.0 Å². The predicted molar refractivity (Wildman–Crippen MR) is 119 cm³/mol. The van der Waals surface area contributed by atoms with E-state index < -0.39 is 5.97 Å². The number of benzene rings is 2. The first kappa shape index (κ1) is 20.2. The molecule has 0 bridgehead atoms. The normalized spacial score (nSPS) is 10.8. The second kappa shape index (κ2) is 9.60. The summed E-state index contributed by atoms with van der Waals surface area (Å²) in [4.78, 5) is 32.4. The number of rotatable bonds is 8. The molecule has 0 aliphatic heterocycles. The van der Waals surface area contributed by atoms with E-state index in [1.165, 1.54) is 11.3 Å². The number of para-hydroxylation sites is 1. The maximum Gasteiger partial charge on any atom is 0.316 e. The van der Waals surface area contributed by atoms with Crippen LogP contribution in [0.3, 0.4) is 0 Å². The van der Waals surface area contributed by atoms with Crippen molar-refractivity contribution in [2.24, 2.45) is 0 Å². The number of nitrogens with one attached hydrogen (secondary N) is 1. The number of H-pyrrole nitrogens is 1. The number of ether oxygens (including phenoxy) is 2. The monoisotopic (exact) mass is 438 g/mol. The third kappa shape index (κ3) is 4.90. The highest BCUT2D eigenvalue weighted by Crippen LogP contribution is 2.31. The van der Waals surface area contributed by atoms with Gasteiger partial charge in [-0.2, -0.15) is 0 Å². The Balaban J connectivity index is 1.33. The average Bonchev–Trinajstić information content (AvgIpc) is 3.21. The molecular formula is C22H18N2O4S2. The van der Waals surface area contributed by atoms with Crippen LogP contribution in [-0.2, 0) is 9.53 Å². The number of nitrogens with zero attached hydrogens (tertiary/aromatic N) is 1. The predicted octanol–water partition coefficient (Wildman–Crippen LogP) is 4.37. The van der Waals surface area contributed by atoms with Crippen molar-refractivity contribution in [1.29, 1.82) is 0 Å². The zero-order valence-electron chi connectivity index (χ0n) is 15.9. The lowest BCUT2D eigenvalue weighted by Gasteiger charge is -2.07. The molecule has 0 fully saturated rings. The summed E-state index contributed by atoms with van der Waals surface area (Å²) in [6.07, 6.45) is 0. The van der Waals surface area contributed by atoms with Crippen LogP contribution in [0.4, 0.5) is 0 Å². The molecule has 0 radical (unpaired) electrons. The number of carbonyl (C=O) groups is 1. The van der Waals surface area contributed by atoms with E-state index in [0.29, 0.717) is 15.4 Å². The molecule has 30 heavy (non-hydrogen) atoms. The van der Waals surface area contributed by atoms with Crippen molar-refractivity contribution in [3.63, 3.8) is 0 Å². The average molecular weight is 439 g/mol. The van der Waals surface area contributed by atoms with Gasteiger partial charge >= 0.3 is 5.97 Å². The molecule has 0 atom stereocenters. The lowest BCUT2D eigenvalue weighted by atomic mass is 10.1. The van der Waals surface area contributed by atoms with Crippen molar-refractivity contribution in [2.75, 3.05) is 19.0 Å². The summed E-state index contributed by atoms with van der Waals surface area (Å²) in [5, 5.41) is 2.89. The number of carbonyl (C=O) groups excluding carboxylic acids is 1. The minimum Gasteiger partial charge on any atom is -0.490 e. The van der Waals surface area contributed by atoms with Crippen molar-refractivity contribution >= 4 is 39.3 Å². The minimum absolute atomic E-state index is 0.0523. The number of aromatic amines is 1. The SMILES string of the molecule is O=C(CSc1nc2scc(-c3ccccc3)c2c(=O)[nH]1)OCCOc1ccccc1. The molecule has 0 unspecified atom stereocenters. The first-order valence-corrected chi connectivity index (χ1v) is 11.1. The third-order valence-corrected chi connectivity index (χ3v) is 5.91. The summed E-state index contributed by atoms with van der Waals surface area (Å²) in [6, 6.07) is 19.0. The molecule has 0 aliphatic rings. The van der Waals surface area contributed by atoms with Crippen molar-refractivity contribution in [1.82, 2.24) is 9.97 Å². The summed E-state index contributed by atoms with van der Waals surface area (Å²) < 4.78 is 10.6. The van der Waals surface area contributed by atoms with Gasteiger partial charge in [-0.3, -0.25) is 9.59 Å². The van der Waals surface area contributed by atoms with Crippen LogP contribution < -0.4 is 10.3 Å². The highest BCUT2D eigenvalue weighted by molar-refractivity contribution is 7.99. The molecule has 0 aliphatic carbocycles. The topological polar surface area (TPSA) is 81.3 Å².